The molecular weight excluding hydrogens is 203 g/mol. The minimum absolute atomic E-state index is 0.0341. The summed E-state index contributed by atoms with van der Waals surface area (Å²) in [5, 5.41) is 17.0. The molecule has 5 heteroatoms. The zero-order chi connectivity index (χ0) is 10.6. The van der Waals surface area contributed by atoms with Crippen LogP contribution in [0.3, 0.4) is 0 Å². The van der Waals surface area contributed by atoms with Crippen molar-refractivity contribution in [3.05, 3.63) is 35.9 Å². The van der Waals surface area contributed by atoms with E-state index in [0.717, 1.165) is 0 Å². The van der Waals surface area contributed by atoms with E-state index in [-0.39, 0.29) is 6.42 Å². The summed E-state index contributed by atoms with van der Waals surface area (Å²) >= 11 is 0. The zero-order valence-electron chi connectivity index (χ0n) is 7.33. The molecule has 1 rings (SSSR count). The molecule has 1 atom stereocenters. The van der Waals surface area contributed by atoms with E-state index in [1.54, 1.807) is 30.3 Å². The van der Waals surface area contributed by atoms with Crippen LogP contribution >= 0.6 is 7.80 Å². The Morgan fingerprint density at radius 3 is 2.36 bits per heavy atom. The highest BCUT2D eigenvalue weighted by molar-refractivity contribution is 7.63. The molecule has 0 saturated carbocycles. The lowest BCUT2D eigenvalue weighted by atomic mass is 10.2. The normalized spacial score (nSPS) is 11.5. The van der Waals surface area contributed by atoms with E-state index in [2.05, 4.69) is 0 Å². The van der Waals surface area contributed by atoms with Gasteiger partial charge in [-0.3, -0.25) is 0 Å². The molecule has 14 heavy (non-hydrogen) atoms. The van der Waals surface area contributed by atoms with Crippen molar-refractivity contribution in [2.75, 3.05) is 0 Å². The smallest absolute Gasteiger partial charge is 0.328 e. The third-order valence-corrected chi connectivity index (χ3v) is 2.72. The van der Waals surface area contributed by atoms with Crippen molar-refractivity contribution in [3.8, 4) is 0 Å². The molecule has 0 radical (unpaired) electrons. The number of rotatable bonds is 4. The highest BCUT2D eigenvalue weighted by Crippen LogP contribution is 2.27. The maximum Gasteiger partial charge on any atom is 0.477 e. The van der Waals surface area contributed by atoms with Crippen LogP contribution in [-0.4, -0.2) is 21.8 Å². The third-order valence-electron chi connectivity index (χ3n) is 1.65. The lowest BCUT2D eigenvalue weighted by Gasteiger charge is -1.93. The number of aliphatic hydroxyl groups is 2. The number of hydrogen-bond acceptors (Lipinski definition) is 4. The van der Waals surface area contributed by atoms with Gasteiger partial charge in [0, 0.05) is 0 Å². The van der Waals surface area contributed by atoms with Gasteiger partial charge in [0.05, 0.1) is 6.42 Å². The van der Waals surface area contributed by atoms with E-state index < -0.39 is 19.4 Å². The summed E-state index contributed by atoms with van der Waals surface area (Å²) in [7, 11) is -2.60. The molecule has 0 amide bonds. The lowest BCUT2D eigenvalue weighted by molar-refractivity contribution is -0.111. The Morgan fingerprint density at radius 1 is 1.29 bits per heavy atom. The van der Waals surface area contributed by atoms with Crippen molar-refractivity contribution in [2.24, 2.45) is 0 Å². The van der Waals surface area contributed by atoms with Gasteiger partial charge in [-0.1, -0.05) is 34.9 Å². The van der Waals surface area contributed by atoms with Gasteiger partial charge in [0.1, 0.15) is 0 Å². The van der Waals surface area contributed by atoms with E-state index in [4.69, 9.17) is 10.2 Å². The Kier molecular flexibility index (Phi) is 3.89. The van der Waals surface area contributed by atoms with Crippen LogP contribution in [0.2, 0.25) is 0 Å². The van der Waals surface area contributed by atoms with Crippen LogP contribution in [0.4, 0.5) is 0 Å². The number of aliphatic hydroxyl groups excluding tert-OH is 1. The van der Waals surface area contributed by atoms with E-state index in [0.29, 0.717) is 5.56 Å². The predicted octanol–water partition coefficient (Wildman–Crippen LogP) is 0.851. The Morgan fingerprint density at radius 2 is 1.86 bits per heavy atom. The minimum atomic E-state index is -2.60. The first kappa shape index (κ1) is 11.0. The van der Waals surface area contributed by atoms with Gasteiger partial charge in [-0.15, -0.1) is 0 Å². The van der Waals surface area contributed by atoms with Gasteiger partial charge in [0.15, 0.2) is 0 Å². The fourth-order valence-corrected chi connectivity index (χ4v) is 1.57. The van der Waals surface area contributed by atoms with Crippen LogP contribution in [0.25, 0.3) is 0 Å². The lowest BCUT2D eigenvalue weighted by Crippen LogP contribution is -2.06. The Hall–Kier alpha value is -1.09. The zero-order valence-corrected chi connectivity index (χ0v) is 8.22. The molecule has 0 aliphatic rings. The van der Waals surface area contributed by atoms with Crippen molar-refractivity contribution in [1.29, 1.82) is 0 Å². The van der Waals surface area contributed by atoms with Crippen LogP contribution in [0.15, 0.2) is 30.3 Å². The average molecular weight is 213 g/mol. The second-order valence-corrected chi connectivity index (χ2v) is 4.34. The monoisotopic (exact) mass is 213 g/mol. The summed E-state index contributed by atoms with van der Waals surface area (Å²) in [6, 6.07) is 6.68. The van der Waals surface area contributed by atoms with Gasteiger partial charge in [0.2, 0.25) is 0 Å². The van der Waals surface area contributed by atoms with Crippen LogP contribution in [-0.2, 0) is 15.8 Å². The van der Waals surface area contributed by atoms with Crippen molar-refractivity contribution >= 4 is 13.3 Å². The number of benzene rings is 1. The molecule has 1 aromatic rings. The van der Waals surface area contributed by atoms with Crippen LogP contribution in [0.5, 0.6) is 0 Å². The molecule has 0 spiro atoms. The quantitative estimate of drug-likeness (QED) is 0.574. The topological polar surface area (TPSA) is 74.6 Å². The average Bonchev–Trinajstić information content (AvgIpc) is 2.18. The summed E-state index contributed by atoms with van der Waals surface area (Å²) in [5.74, 6) is 0. The molecule has 4 nitrogen and oxygen atoms in total. The summed E-state index contributed by atoms with van der Waals surface area (Å²) in [5.41, 5.74) is 0.0581. The Balaban J connectivity index is 2.63. The molecule has 0 fully saturated rings. The molecule has 0 bridgehead atoms. The summed E-state index contributed by atoms with van der Waals surface area (Å²) in [6.07, 6.45) is -0.0341. The van der Waals surface area contributed by atoms with Crippen molar-refractivity contribution < 1.29 is 19.6 Å². The van der Waals surface area contributed by atoms with Crippen molar-refractivity contribution in [2.45, 2.75) is 12.5 Å². The highest BCUT2D eigenvalue weighted by Gasteiger charge is 2.35. The second-order valence-electron chi connectivity index (χ2n) is 2.73. The van der Waals surface area contributed by atoms with Gasteiger partial charge < -0.3 is 10.2 Å². The predicted molar refractivity (Wildman–Crippen MR) is 51.0 cm³/mol. The van der Waals surface area contributed by atoms with Gasteiger partial charge >= 0.3 is 19.4 Å². The first-order valence-electron chi connectivity index (χ1n) is 4.00. The van der Waals surface area contributed by atoms with Crippen molar-refractivity contribution in [1.82, 2.24) is 0 Å². The maximum absolute atomic E-state index is 11.2. The van der Waals surface area contributed by atoms with E-state index in [1.165, 1.54) is 0 Å². The fraction of sp³-hybridized carbons (Fsp3) is 0.222. The van der Waals surface area contributed by atoms with Crippen molar-refractivity contribution in [3.63, 3.8) is 0 Å². The molecule has 0 aliphatic heterocycles. The molecule has 74 valence electrons. The first-order valence-corrected chi connectivity index (χ1v) is 5.33. The van der Waals surface area contributed by atoms with E-state index >= 15 is 0 Å². The summed E-state index contributed by atoms with van der Waals surface area (Å²) in [6.45, 7) is 0. The van der Waals surface area contributed by atoms with Crippen LogP contribution < -0.4 is 0 Å². The van der Waals surface area contributed by atoms with E-state index in [9.17, 15) is 9.36 Å². The minimum Gasteiger partial charge on any atom is -0.328 e. The molecular formula is C9H10O4P+. The number of carbonyl (C=O) groups is 1. The van der Waals surface area contributed by atoms with E-state index in [1.807, 2.05) is 0 Å². The standard InChI is InChI=1S/C9H10O4P/c10-8(14(13)9(11)12)6-7-4-2-1-3-5-7/h1-5,9,11-12H,6H2/q+1. The largest absolute Gasteiger partial charge is 0.477 e. The Labute approximate surface area is 82.0 Å². The molecule has 1 unspecified atom stereocenters. The Bertz CT molecular complexity index is 334. The molecule has 1 aromatic carbocycles. The number of hydrogen-bond donors (Lipinski definition) is 2. The van der Waals surface area contributed by atoms with Gasteiger partial charge in [-0.2, -0.15) is 0 Å². The van der Waals surface area contributed by atoms with Gasteiger partial charge in [-0.05, 0) is 5.56 Å². The maximum atomic E-state index is 11.2. The van der Waals surface area contributed by atoms with Crippen LogP contribution in [0.1, 0.15) is 5.56 Å². The first-order chi connectivity index (χ1) is 6.61. The fourth-order valence-electron chi connectivity index (χ4n) is 0.977. The third kappa shape index (κ3) is 3.00. The summed E-state index contributed by atoms with van der Waals surface area (Å²) < 4.78 is 10.9. The number of carbonyl (C=O) groups excluding carboxylic acids is 1. The molecule has 0 heterocycles. The summed E-state index contributed by atoms with van der Waals surface area (Å²) in [4.78, 5) is 11.2. The molecule has 0 saturated heterocycles. The van der Waals surface area contributed by atoms with Crippen LogP contribution in [0, 0.1) is 0 Å². The van der Waals surface area contributed by atoms with Gasteiger partial charge in [0.25, 0.3) is 0 Å². The second kappa shape index (κ2) is 4.96. The molecule has 0 aromatic heterocycles. The molecule has 0 aliphatic carbocycles. The van der Waals surface area contributed by atoms with Gasteiger partial charge in [-0.25, -0.2) is 4.79 Å². The SMILES string of the molecule is O=C(Cc1ccccc1)[P+](=O)C(O)O. The highest BCUT2D eigenvalue weighted by atomic mass is 31.1. The molecule has 2 N–H and O–H groups in total.